The number of aromatic nitrogens is 1. The summed E-state index contributed by atoms with van der Waals surface area (Å²) in [5.41, 5.74) is 0. The zero-order valence-electron chi connectivity index (χ0n) is 12.7. The maximum Gasteiger partial charge on any atom is 0.244 e. The van der Waals surface area contributed by atoms with E-state index in [0.717, 1.165) is 32.1 Å². The lowest BCUT2D eigenvalue weighted by atomic mass is 10.2. The van der Waals surface area contributed by atoms with Crippen LogP contribution in [0.15, 0.2) is 21.6 Å². The van der Waals surface area contributed by atoms with Crippen molar-refractivity contribution in [3.05, 3.63) is 16.7 Å². The summed E-state index contributed by atoms with van der Waals surface area (Å²) < 4.78 is 28.1. The van der Waals surface area contributed by atoms with Crippen LogP contribution in [0.25, 0.3) is 0 Å². The zero-order valence-corrected chi connectivity index (χ0v) is 15.1. The maximum absolute atomic E-state index is 12.4. The predicted octanol–water partition coefficient (Wildman–Crippen LogP) is 3.52. The lowest BCUT2D eigenvalue weighted by Crippen LogP contribution is -2.26. The van der Waals surface area contributed by atoms with E-state index in [4.69, 9.17) is 0 Å². The van der Waals surface area contributed by atoms with E-state index in [1.807, 2.05) is 6.92 Å². The van der Waals surface area contributed by atoms with Crippen LogP contribution in [0.5, 0.6) is 0 Å². The molecule has 5 nitrogen and oxygen atoms in total. The van der Waals surface area contributed by atoms with Gasteiger partial charge >= 0.3 is 0 Å². The molecule has 0 bridgehead atoms. The molecule has 120 valence electrons. The van der Waals surface area contributed by atoms with E-state index in [9.17, 15) is 8.42 Å². The Hall–Kier alpha value is -0.660. The van der Waals surface area contributed by atoms with Crippen LogP contribution in [0, 0.1) is 0 Å². The average molecular weight is 378 g/mol. The minimum atomic E-state index is -3.54. The van der Waals surface area contributed by atoms with Crippen molar-refractivity contribution >= 4 is 31.8 Å². The topological polar surface area (TPSA) is 71.1 Å². The Bertz CT molecular complexity index is 535. The maximum atomic E-state index is 12.4. The van der Waals surface area contributed by atoms with Crippen molar-refractivity contribution in [2.75, 3.05) is 18.4 Å². The molecule has 0 fully saturated rings. The molecule has 0 aromatic carbocycles. The molecular formula is C14H24BrN3O2S. The first kappa shape index (κ1) is 18.4. The van der Waals surface area contributed by atoms with Gasteiger partial charge in [-0.25, -0.2) is 18.1 Å². The second-order valence-corrected chi connectivity index (χ2v) is 7.54. The van der Waals surface area contributed by atoms with Gasteiger partial charge in [-0.1, -0.05) is 33.1 Å². The highest BCUT2D eigenvalue weighted by atomic mass is 79.9. The number of nitrogens with one attached hydrogen (secondary N) is 2. The van der Waals surface area contributed by atoms with Crippen LogP contribution in [0.1, 0.15) is 46.0 Å². The molecule has 1 rings (SSSR count). The Morgan fingerprint density at radius 1 is 1.14 bits per heavy atom. The van der Waals surface area contributed by atoms with Crippen molar-refractivity contribution in [3.8, 4) is 0 Å². The van der Waals surface area contributed by atoms with Gasteiger partial charge in [0, 0.05) is 23.8 Å². The quantitative estimate of drug-likeness (QED) is 0.611. The normalized spacial score (nSPS) is 11.6. The summed E-state index contributed by atoms with van der Waals surface area (Å²) in [6.45, 7) is 5.30. The number of sulfonamides is 1. The molecule has 0 aliphatic carbocycles. The molecule has 0 atom stereocenters. The van der Waals surface area contributed by atoms with E-state index < -0.39 is 10.0 Å². The Morgan fingerprint density at radius 2 is 1.90 bits per heavy atom. The number of nitrogens with zero attached hydrogens (tertiary/aromatic N) is 1. The van der Waals surface area contributed by atoms with Gasteiger partial charge in [-0.05, 0) is 34.8 Å². The molecule has 1 aromatic heterocycles. The third-order valence-corrected chi connectivity index (χ3v) is 4.88. The minimum Gasteiger partial charge on any atom is -0.369 e. The van der Waals surface area contributed by atoms with Crippen molar-refractivity contribution in [3.63, 3.8) is 0 Å². The summed E-state index contributed by atoms with van der Waals surface area (Å²) in [5.74, 6) is 0.404. The highest BCUT2D eigenvalue weighted by Gasteiger charge is 2.19. The van der Waals surface area contributed by atoms with Crippen LogP contribution in [0.4, 0.5) is 5.82 Å². The monoisotopic (exact) mass is 377 g/mol. The van der Waals surface area contributed by atoms with Gasteiger partial charge in [0.05, 0.1) is 0 Å². The Kier molecular flexibility index (Phi) is 8.21. The second kappa shape index (κ2) is 9.38. The summed E-state index contributed by atoms with van der Waals surface area (Å²) in [4.78, 5) is 4.36. The lowest BCUT2D eigenvalue weighted by Gasteiger charge is -2.12. The summed E-state index contributed by atoms with van der Waals surface area (Å²) in [5, 5.41) is 3.06. The van der Waals surface area contributed by atoms with Crippen molar-refractivity contribution in [2.24, 2.45) is 0 Å². The molecule has 0 spiro atoms. The van der Waals surface area contributed by atoms with Crippen LogP contribution < -0.4 is 10.0 Å². The first-order valence-corrected chi connectivity index (χ1v) is 9.68. The van der Waals surface area contributed by atoms with E-state index in [2.05, 4.69) is 37.9 Å². The van der Waals surface area contributed by atoms with Crippen molar-refractivity contribution in [1.29, 1.82) is 0 Å². The standard InChI is InChI=1S/C14H24BrN3O2S/c1-3-5-6-7-9-18-21(19,20)13-10-12(15)11-17-14(13)16-8-4-2/h10-11,18H,3-9H2,1-2H3,(H,16,17). The molecular weight excluding hydrogens is 354 g/mol. The molecule has 1 aromatic rings. The van der Waals surface area contributed by atoms with Crippen LogP contribution in [-0.2, 0) is 10.0 Å². The fraction of sp³-hybridized carbons (Fsp3) is 0.643. The first-order valence-electron chi connectivity index (χ1n) is 7.40. The third kappa shape index (κ3) is 6.32. The fourth-order valence-electron chi connectivity index (χ4n) is 1.84. The highest BCUT2D eigenvalue weighted by molar-refractivity contribution is 9.10. The van der Waals surface area contributed by atoms with Crippen LogP contribution >= 0.6 is 15.9 Å². The van der Waals surface area contributed by atoms with Gasteiger partial charge in [0.2, 0.25) is 10.0 Å². The Balaban J connectivity index is 2.78. The molecule has 0 saturated carbocycles. The highest BCUT2D eigenvalue weighted by Crippen LogP contribution is 2.22. The predicted molar refractivity (Wildman–Crippen MR) is 90.0 cm³/mol. The Morgan fingerprint density at radius 3 is 2.57 bits per heavy atom. The molecule has 0 amide bonds. The summed E-state index contributed by atoms with van der Waals surface area (Å²) in [7, 11) is -3.54. The van der Waals surface area contributed by atoms with E-state index in [-0.39, 0.29) is 4.90 Å². The van der Waals surface area contributed by atoms with Gasteiger partial charge in [-0.3, -0.25) is 0 Å². The van der Waals surface area contributed by atoms with Crippen LogP contribution in [-0.4, -0.2) is 26.5 Å². The van der Waals surface area contributed by atoms with Gasteiger partial charge in [-0.15, -0.1) is 0 Å². The smallest absolute Gasteiger partial charge is 0.244 e. The van der Waals surface area contributed by atoms with Gasteiger partial charge in [0.1, 0.15) is 10.7 Å². The number of halogens is 1. The average Bonchev–Trinajstić information content (AvgIpc) is 2.45. The fourth-order valence-corrected chi connectivity index (χ4v) is 3.55. The number of pyridine rings is 1. The number of hydrogen-bond donors (Lipinski definition) is 2. The summed E-state index contributed by atoms with van der Waals surface area (Å²) in [6.07, 6.45) is 6.65. The molecule has 0 radical (unpaired) electrons. The van der Waals surface area contributed by atoms with Crippen LogP contribution in [0.3, 0.4) is 0 Å². The summed E-state index contributed by atoms with van der Waals surface area (Å²) >= 11 is 3.28. The van der Waals surface area contributed by atoms with Gasteiger partial charge < -0.3 is 5.32 Å². The lowest BCUT2D eigenvalue weighted by molar-refractivity contribution is 0.573. The van der Waals surface area contributed by atoms with Crippen LogP contribution in [0.2, 0.25) is 0 Å². The van der Waals surface area contributed by atoms with Crippen molar-refractivity contribution in [1.82, 2.24) is 9.71 Å². The number of hydrogen-bond acceptors (Lipinski definition) is 4. The van der Waals surface area contributed by atoms with Crippen molar-refractivity contribution < 1.29 is 8.42 Å². The molecule has 0 aliphatic rings. The molecule has 0 aliphatic heterocycles. The van der Waals surface area contributed by atoms with E-state index in [1.165, 1.54) is 0 Å². The van der Waals surface area contributed by atoms with E-state index in [1.54, 1.807) is 12.3 Å². The molecule has 7 heteroatoms. The SMILES string of the molecule is CCCCCCNS(=O)(=O)c1cc(Br)cnc1NCCC. The van der Waals surface area contributed by atoms with Gasteiger partial charge in [0.25, 0.3) is 0 Å². The largest absolute Gasteiger partial charge is 0.369 e. The van der Waals surface area contributed by atoms with E-state index in [0.29, 0.717) is 23.4 Å². The molecule has 1 heterocycles. The molecule has 0 saturated heterocycles. The second-order valence-electron chi connectivity index (χ2n) is 4.89. The minimum absolute atomic E-state index is 0.195. The molecule has 21 heavy (non-hydrogen) atoms. The van der Waals surface area contributed by atoms with Crippen molar-refractivity contribution in [2.45, 2.75) is 50.8 Å². The van der Waals surface area contributed by atoms with Gasteiger partial charge in [-0.2, -0.15) is 0 Å². The zero-order chi connectivity index (χ0) is 15.7. The van der Waals surface area contributed by atoms with Gasteiger partial charge in [0.15, 0.2) is 0 Å². The molecule has 2 N–H and O–H groups in total. The molecule has 0 unspecified atom stereocenters. The number of anilines is 1. The third-order valence-electron chi connectivity index (χ3n) is 2.97. The Labute approximate surface area is 136 Å². The number of unbranched alkanes of at least 4 members (excludes halogenated alkanes) is 3. The summed E-state index contributed by atoms with van der Waals surface area (Å²) in [6, 6.07) is 1.58. The van der Waals surface area contributed by atoms with E-state index >= 15 is 0 Å². The number of rotatable bonds is 10. The first-order chi connectivity index (χ1) is 10.0.